The van der Waals surface area contributed by atoms with Crippen LogP contribution in [-0.2, 0) is 23.2 Å². The predicted molar refractivity (Wildman–Crippen MR) is 85.0 cm³/mol. The van der Waals surface area contributed by atoms with Gasteiger partial charge in [-0.3, -0.25) is 0 Å². The van der Waals surface area contributed by atoms with Crippen LogP contribution in [0.2, 0.25) is 0 Å². The van der Waals surface area contributed by atoms with Crippen LogP contribution in [0.3, 0.4) is 0 Å². The zero-order chi connectivity index (χ0) is 15.5. The van der Waals surface area contributed by atoms with E-state index in [-0.39, 0.29) is 18.0 Å². The number of hydrogen-bond donors (Lipinski definition) is 2. The van der Waals surface area contributed by atoms with Crippen molar-refractivity contribution in [1.29, 1.82) is 0 Å². The summed E-state index contributed by atoms with van der Waals surface area (Å²) >= 11 is 4.79. The second-order valence-electron chi connectivity index (χ2n) is 4.19. The van der Waals surface area contributed by atoms with E-state index in [2.05, 4.69) is 20.7 Å². The topological polar surface area (TPSA) is 75.6 Å². The third kappa shape index (κ3) is 4.04. The molecule has 0 aliphatic carbocycles. The smallest absolute Gasteiger partial charge is 0.240 e. The molecule has 2 N–H and O–H groups in total. The molecule has 0 amide bonds. The summed E-state index contributed by atoms with van der Waals surface area (Å²) in [6.07, 6.45) is 0. The van der Waals surface area contributed by atoms with E-state index >= 15 is 0 Å². The monoisotopic (exact) mass is 391 g/mol. The van der Waals surface area contributed by atoms with Crippen molar-refractivity contribution in [3.63, 3.8) is 0 Å². The molecule has 0 radical (unpaired) electrons. The first-order valence-corrected chi connectivity index (χ1v) is 9.12. The van der Waals surface area contributed by atoms with Crippen LogP contribution >= 0.6 is 27.3 Å². The lowest BCUT2D eigenvalue weighted by Gasteiger charge is -2.10. The van der Waals surface area contributed by atoms with Crippen molar-refractivity contribution in [1.82, 2.24) is 4.72 Å². The normalized spacial score (nSPS) is 11.6. The van der Waals surface area contributed by atoms with Crippen LogP contribution in [0.25, 0.3) is 0 Å². The second kappa shape index (κ2) is 6.89. The number of aliphatic hydroxyl groups excluding tert-OH is 1. The van der Waals surface area contributed by atoms with Gasteiger partial charge in [0, 0.05) is 26.8 Å². The van der Waals surface area contributed by atoms with Crippen LogP contribution in [0.5, 0.6) is 5.75 Å². The highest BCUT2D eigenvalue weighted by molar-refractivity contribution is 9.10. The van der Waals surface area contributed by atoms with Crippen molar-refractivity contribution < 1.29 is 18.3 Å². The highest BCUT2D eigenvalue weighted by atomic mass is 79.9. The summed E-state index contributed by atoms with van der Waals surface area (Å²) in [4.78, 5) is 1.00. The van der Waals surface area contributed by atoms with Crippen LogP contribution in [0.1, 0.15) is 10.4 Å². The van der Waals surface area contributed by atoms with Gasteiger partial charge in [-0.25, -0.2) is 13.1 Å². The summed E-state index contributed by atoms with van der Waals surface area (Å²) in [5.41, 5.74) is 0.430. The lowest BCUT2D eigenvalue weighted by atomic mass is 10.2. The maximum Gasteiger partial charge on any atom is 0.240 e. The Bertz CT molecular complexity index is 728. The Balaban J connectivity index is 2.19. The molecule has 0 saturated carbocycles. The molecule has 114 valence electrons. The van der Waals surface area contributed by atoms with Gasteiger partial charge in [-0.05, 0) is 40.2 Å². The molecule has 8 heteroatoms. The number of halogens is 1. The van der Waals surface area contributed by atoms with Crippen molar-refractivity contribution in [2.75, 3.05) is 7.11 Å². The fourth-order valence-corrected chi connectivity index (χ4v) is 4.28. The highest BCUT2D eigenvalue weighted by Gasteiger charge is 2.16. The molecule has 0 bridgehead atoms. The fraction of sp³-hybridized carbons (Fsp3) is 0.231. The SMILES string of the molecule is COc1ccc(S(=O)(=O)NCc2cc(Br)cs2)cc1CO. The first-order valence-electron chi connectivity index (χ1n) is 5.96. The molecule has 0 saturated heterocycles. The Hall–Kier alpha value is -0.930. The van der Waals surface area contributed by atoms with E-state index in [4.69, 9.17) is 4.74 Å². The summed E-state index contributed by atoms with van der Waals surface area (Å²) in [5.74, 6) is 0.457. The highest BCUT2D eigenvalue weighted by Crippen LogP contribution is 2.23. The van der Waals surface area contributed by atoms with Gasteiger partial charge in [0.2, 0.25) is 10.0 Å². The standard InChI is InChI=1S/C13H14BrNO4S2/c1-19-13-3-2-12(4-9(13)7-16)21(17,18)15-6-11-5-10(14)8-20-11/h2-5,8,15-16H,6-7H2,1H3. The van der Waals surface area contributed by atoms with E-state index in [0.717, 1.165) is 9.35 Å². The van der Waals surface area contributed by atoms with Gasteiger partial charge in [-0.2, -0.15) is 0 Å². The number of benzene rings is 1. The molecule has 1 heterocycles. The summed E-state index contributed by atoms with van der Waals surface area (Å²) < 4.78 is 33.0. The number of sulfonamides is 1. The summed E-state index contributed by atoms with van der Waals surface area (Å²) in [7, 11) is -2.16. The van der Waals surface area contributed by atoms with E-state index in [1.165, 1.54) is 36.6 Å². The second-order valence-corrected chi connectivity index (χ2v) is 7.87. The van der Waals surface area contributed by atoms with Crippen LogP contribution in [0.4, 0.5) is 0 Å². The Morgan fingerprint density at radius 2 is 2.14 bits per heavy atom. The quantitative estimate of drug-likeness (QED) is 0.792. The number of thiophene rings is 1. The van der Waals surface area contributed by atoms with Crippen LogP contribution < -0.4 is 9.46 Å². The molecule has 5 nitrogen and oxygen atoms in total. The zero-order valence-electron chi connectivity index (χ0n) is 11.2. The number of rotatable bonds is 6. The van der Waals surface area contributed by atoms with Crippen molar-refractivity contribution >= 4 is 37.3 Å². The van der Waals surface area contributed by atoms with E-state index in [0.29, 0.717) is 11.3 Å². The van der Waals surface area contributed by atoms with Gasteiger partial charge in [-0.15, -0.1) is 11.3 Å². The lowest BCUT2D eigenvalue weighted by molar-refractivity contribution is 0.273. The van der Waals surface area contributed by atoms with Gasteiger partial charge in [0.15, 0.2) is 0 Å². The molecule has 2 aromatic rings. The van der Waals surface area contributed by atoms with Crippen molar-refractivity contribution in [2.45, 2.75) is 18.0 Å². The van der Waals surface area contributed by atoms with Gasteiger partial charge < -0.3 is 9.84 Å². The zero-order valence-corrected chi connectivity index (χ0v) is 14.4. The van der Waals surface area contributed by atoms with Crippen LogP contribution in [0.15, 0.2) is 39.0 Å². The maximum absolute atomic E-state index is 12.2. The Morgan fingerprint density at radius 1 is 1.38 bits per heavy atom. The lowest BCUT2D eigenvalue weighted by Crippen LogP contribution is -2.23. The van der Waals surface area contributed by atoms with Crippen molar-refractivity contribution in [3.8, 4) is 5.75 Å². The first kappa shape index (κ1) is 16.4. The molecule has 21 heavy (non-hydrogen) atoms. The van der Waals surface area contributed by atoms with Gasteiger partial charge in [0.25, 0.3) is 0 Å². The molecule has 0 atom stereocenters. The minimum atomic E-state index is -3.63. The minimum Gasteiger partial charge on any atom is -0.496 e. The van der Waals surface area contributed by atoms with E-state index < -0.39 is 10.0 Å². The first-order chi connectivity index (χ1) is 9.96. The van der Waals surface area contributed by atoms with Crippen molar-refractivity contribution in [2.24, 2.45) is 0 Å². The van der Waals surface area contributed by atoms with E-state index in [1.807, 2.05) is 11.4 Å². The number of methoxy groups -OCH3 is 1. The summed E-state index contributed by atoms with van der Waals surface area (Å²) in [6, 6.07) is 6.25. The largest absolute Gasteiger partial charge is 0.496 e. The third-order valence-electron chi connectivity index (χ3n) is 2.79. The molecule has 0 fully saturated rings. The molecule has 1 aromatic heterocycles. The molecule has 0 aliphatic heterocycles. The third-order valence-corrected chi connectivity index (χ3v) is 5.89. The Morgan fingerprint density at radius 3 is 2.71 bits per heavy atom. The molecule has 0 aliphatic rings. The molecule has 0 unspecified atom stereocenters. The Kier molecular flexibility index (Phi) is 5.39. The minimum absolute atomic E-state index is 0.1000. The fourth-order valence-electron chi connectivity index (χ4n) is 1.74. The molecule has 2 rings (SSSR count). The molecular formula is C13H14BrNO4S2. The van der Waals surface area contributed by atoms with E-state index in [1.54, 1.807) is 0 Å². The van der Waals surface area contributed by atoms with E-state index in [9.17, 15) is 13.5 Å². The van der Waals surface area contributed by atoms with Crippen LogP contribution in [-0.4, -0.2) is 20.6 Å². The molecule has 0 spiro atoms. The Labute approximate surface area is 135 Å². The summed E-state index contributed by atoms with van der Waals surface area (Å²) in [5, 5.41) is 11.1. The average molecular weight is 392 g/mol. The van der Waals surface area contributed by atoms with Gasteiger partial charge >= 0.3 is 0 Å². The van der Waals surface area contributed by atoms with Gasteiger partial charge in [-0.1, -0.05) is 0 Å². The number of hydrogen-bond acceptors (Lipinski definition) is 5. The van der Waals surface area contributed by atoms with Crippen LogP contribution in [0, 0.1) is 0 Å². The predicted octanol–water partition coefficient (Wildman–Crippen LogP) is 2.49. The van der Waals surface area contributed by atoms with Gasteiger partial charge in [0.1, 0.15) is 5.75 Å². The number of aliphatic hydroxyl groups is 1. The molecule has 1 aromatic carbocycles. The van der Waals surface area contributed by atoms with Crippen molar-refractivity contribution in [3.05, 3.63) is 44.6 Å². The summed E-state index contributed by atoms with van der Waals surface area (Å²) in [6.45, 7) is -0.0660. The maximum atomic E-state index is 12.2. The van der Waals surface area contributed by atoms with Gasteiger partial charge in [0.05, 0.1) is 18.6 Å². The molecular weight excluding hydrogens is 378 g/mol. The average Bonchev–Trinajstić information content (AvgIpc) is 2.90. The number of nitrogens with one attached hydrogen (secondary N) is 1. The number of ether oxygens (including phenoxy) is 1.